The Bertz CT molecular complexity index is 585. The summed E-state index contributed by atoms with van der Waals surface area (Å²) in [6.07, 6.45) is 3.91. The minimum Gasteiger partial charge on any atom is -0.444 e. The Hall–Kier alpha value is -2.05. The number of amides is 2. The molecule has 1 saturated heterocycles. The third-order valence-electron chi connectivity index (χ3n) is 3.89. The van der Waals surface area contributed by atoms with Crippen LogP contribution in [-0.2, 0) is 11.3 Å². The summed E-state index contributed by atoms with van der Waals surface area (Å²) in [6.45, 7) is 11.7. The molecule has 1 aliphatic rings. The number of hydrogen-bond acceptors (Lipinski definition) is 4. The van der Waals surface area contributed by atoms with Crippen LogP contribution in [0.25, 0.3) is 0 Å². The normalized spacial score (nSPS) is 16.5. The molecule has 134 valence electrons. The number of ether oxygens (including phenoxy) is 1. The molecule has 0 bridgehead atoms. The number of rotatable bonds is 5. The fraction of sp³-hybridized carbons (Fsp3) is 0.706. The molecule has 0 aliphatic carbocycles. The van der Waals surface area contributed by atoms with E-state index in [1.54, 1.807) is 22.0 Å². The van der Waals surface area contributed by atoms with Crippen LogP contribution in [0.15, 0.2) is 12.4 Å². The molecular formula is C17H28N4O3. The lowest BCUT2D eigenvalue weighted by atomic mass is 9.93. The summed E-state index contributed by atoms with van der Waals surface area (Å²) in [5.41, 5.74) is 0.111. The Morgan fingerprint density at radius 2 is 2.08 bits per heavy atom. The van der Waals surface area contributed by atoms with Gasteiger partial charge in [-0.3, -0.25) is 9.48 Å². The summed E-state index contributed by atoms with van der Waals surface area (Å²) >= 11 is 0. The minimum absolute atomic E-state index is 0.0493. The molecule has 2 amide bonds. The van der Waals surface area contributed by atoms with Gasteiger partial charge in [-0.25, -0.2) is 4.79 Å². The van der Waals surface area contributed by atoms with Gasteiger partial charge in [0.25, 0.3) is 5.91 Å². The smallest absolute Gasteiger partial charge is 0.410 e. The fourth-order valence-electron chi connectivity index (χ4n) is 2.71. The zero-order chi connectivity index (χ0) is 17.9. The Morgan fingerprint density at radius 3 is 2.62 bits per heavy atom. The number of aryl methyl sites for hydroxylation is 1. The van der Waals surface area contributed by atoms with Gasteiger partial charge in [-0.2, -0.15) is 5.10 Å². The lowest BCUT2D eigenvalue weighted by Crippen LogP contribution is -2.53. The van der Waals surface area contributed by atoms with Crippen LogP contribution in [0.1, 0.15) is 51.4 Å². The fourth-order valence-corrected chi connectivity index (χ4v) is 2.71. The molecule has 1 atom stereocenters. The zero-order valence-corrected chi connectivity index (χ0v) is 15.2. The maximum absolute atomic E-state index is 12.2. The highest BCUT2D eigenvalue weighted by Gasteiger charge is 2.34. The molecule has 1 unspecified atom stereocenters. The van der Waals surface area contributed by atoms with Crippen LogP contribution in [-0.4, -0.2) is 51.4 Å². The Morgan fingerprint density at radius 1 is 1.42 bits per heavy atom. The highest BCUT2D eigenvalue weighted by Crippen LogP contribution is 2.23. The third-order valence-corrected chi connectivity index (χ3v) is 3.89. The molecule has 7 nitrogen and oxygen atoms in total. The van der Waals surface area contributed by atoms with Crippen molar-refractivity contribution < 1.29 is 14.3 Å². The van der Waals surface area contributed by atoms with Crippen LogP contribution >= 0.6 is 0 Å². The van der Waals surface area contributed by atoms with Gasteiger partial charge in [0.1, 0.15) is 5.60 Å². The average molecular weight is 336 g/mol. The van der Waals surface area contributed by atoms with E-state index in [0.717, 1.165) is 13.0 Å². The molecule has 1 fully saturated rings. The standard InChI is InChI=1S/C17H28N4O3/c1-6-21-11-14(8-18-21)15(22)19-12(2)7-13-9-20(10-13)16(23)24-17(3,4)5/h8,11-13H,6-7,9-10H2,1-5H3,(H,19,22). The van der Waals surface area contributed by atoms with Crippen molar-refractivity contribution >= 4 is 12.0 Å². The molecule has 7 heteroatoms. The summed E-state index contributed by atoms with van der Waals surface area (Å²) in [5, 5.41) is 7.10. The largest absolute Gasteiger partial charge is 0.444 e. The van der Waals surface area contributed by atoms with E-state index in [4.69, 9.17) is 4.74 Å². The zero-order valence-electron chi connectivity index (χ0n) is 15.2. The number of nitrogens with zero attached hydrogens (tertiary/aromatic N) is 3. The lowest BCUT2D eigenvalue weighted by molar-refractivity contribution is -0.00332. The molecule has 0 spiro atoms. The van der Waals surface area contributed by atoms with Gasteiger partial charge in [0.15, 0.2) is 0 Å². The van der Waals surface area contributed by atoms with Gasteiger partial charge in [-0.05, 0) is 47.0 Å². The first kappa shape index (κ1) is 18.3. The molecule has 1 aromatic heterocycles. The maximum atomic E-state index is 12.2. The Labute approximate surface area is 143 Å². The predicted molar refractivity (Wildman–Crippen MR) is 90.7 cm³/mol. The van der Waals surface area contributed by atoms with Gasteiger partial charge in [-0.1, -0.05) is 0 Å². The Kier molecular flexibility index (Phi) is 5.51. The molecule has 0 radical (unpaired) electrons. The van der Waals surface area contributed by atoms with Gasteiger partial charge in [0, 0.05) is 31.9 Å². The number of nitrogens with one attached hydrogen (secondary N) is 1. The minimum atomic E-state index is -0.466. The second kappa shape index (κ2) is 7.23. The van der Waals surface area contributed by atoms with E-state index >= 15 is 0 Å². The van der Waals surface area contributed by atoms with Crippen LogP contribution in [0, 0.1) is 5.92 Å². The number of hydrogen-bond donors (Lipinski definition) is 1. The summed E-state index contributed by atoms with van der Waals surface area (Å²) < 4.78 is 7.06. The van der Waals surface area contributed by atoms with Crippen LogP contribution in [0.5, 0.6) is 0 Å². The third kappa shape index (κ3) is 4.97. The molecule has 2 rings (SSSR count). The first-order chi connectivity index (χ1) is 11.2. The first-order valence-corrected chi connectivity index (χ1v) is 8.49. The van der Waals surface area contributed by atoms with Gasteiger partial charge >= 0.3 is 6.09 Å². The van der Waals surface area contributed by atoms with Crippen molar-refractivity contribution in [3.05, 3.63) is 18.0 Å². The lowest BCUT2D eigenvalue weighted by Gasteiger charge is -2.40. The van der Waals surface area contributed by atoms with Crippen molar-refractivity contribution in [1.29, 1.82) is 0 Å². The SMILES string of the molecule is CCn1cc(C(=O)NC(C)CC2CN(C(=O)OC(C)(C)C)C2)cn1. The highest BCUT2D eigenvalue weighted by molar-refractivity contribution is 5.93. The van der Waals surface area contributed by atoms with E-state index in [2.05, 4.69) is 10.4 Å². The summed E-state index contributed by atoms with van der Waals surface area (Å²) in [5.74, 6) is 0.289. The molecule has 2 heterocycles. The van der Waals surface area contributed by atoms with Crippen molar-refractivity contribution in [2.24, 2.45) is 5.92 Å². The van der Waals surface area contributed by atoms with Crippen molar-refractivity contribution in [2.75, 3.05) is 13.1 Å². The quantitative estimate of drug-likeness (QED) is 0.895. The monoisotopic (exact) mass is 336 g/mol. The first-order valence-electron chi connectivity index (χ1n) is 8.49. The van der Waals surface area contributed by atoms with Crippen LogP contribution in [0.4, 0.5) is 4.79 Å². The van der Waals surface area contributed by atoms with Gasteiger partial charge in [0.05, 0.1) is 11.8 Å². The maximum Gasteiger partial charge on any atom is 0.410 e. The van der Waals surface area contributed by atoms with E-state index in [-0.39, 0.29) is 18.0 Å². The van der Waals surface area contributed by atoms with Crippen molar-refractivity contribution in [2.45, 2.75) is 59.2 Å². The number of carbonyl (C=O) groups is 2. The second-order valence-electron chi connectivity index (χ2n) is 7.45. The summed E-state index contributed by atoms with van der Waals surface area (Å²) in [6, 6.07) is 0.0493. The van der Waals surface area contributed by atoms with E-state index in [1.165, 1.54) is 0 Å². The van der Waals surface area contributed by atoms with E-state index < -0.39 is 5.60 Å². The summed E-state index contributed by atoms with van der Waals surface area (Å²) in [4.78, 5) is 25.7. The van der Waals surface area contributed by atoms with Crippen molar-refractivity contribution in [1.82, 2.24) is 20.0 Å². The van der Waals surface area contributed by atoms with E-state index in [0.29, 0.717) is 24.6 Å². The van der Waals surface area contributed by atoms with Crippen molar-refractivity contribution in [3.63, 3.8) is 0 Å². The number of aromatic nitrogens is 2. The predicted octanol–water partition coefficient (Wildman–Crippen LogP) is 2.28. The molecule has 1 aliphatic heterocycles. The van der Waals surface area contributed by atoms with Crippen LogP contribution in [0.3, 0.4) is 0 Å². The number of carbonyl (C=O) groups excluding carboxylic acids is 2. The van der Waals surface area contributed by atoms with Gasteiger partial charge in [0.2, 0.25) is 0 Å². The molecular weight excluding hydrogens is 308 g/mol. The van der Waals surface area contributed by atoms with Crippen LogP contribution in [0.2, 0.25) is 0 Å². The molecule has 1 aromatic rings. The van der Waals surface area contributed by atoms with Gasteiger partial charge in [-0.15, -0.1) is 0 Å². The second-order valence-corrected chi connectivity index (χ2v) is 7.45. The van der Waals surface area contributed by atoms with Crippen molar-refractivity contribution in [3.8, 4) is 0 Å². The number of likely N-dealkylation sites (tertiary alicyclic amines) is 1. The van der Waals surface area contributed by atoms with Crippen LogP contribution < -0.4 is 5.32 Å². The van der Waals surface area contributed by atoms with E-state index in [9.17, 15) is 9.59 Å². The molecule has 1 N–H and O–H groups in total. The average Bonchev–Trinajstić information content (AvgIpc) is 2.89. The molecule has 0 saturated carbocycles. The Balaban J connectivity index is 1.71. The molecule has 0 aromatic carbocycles. The molecule has 24 heavy (non-hydrogen) atoms. The topological polar surface area (TPSA) is 76.5 Å². The van der Waals surface area contributed by atoms with E-state index in [1.807, 2.05) is 34.6 Å². The highest BCUT2D eigenvalue weighted by atomic mass is 16.6. The summed E-state index contributed by atoms with van der Waals surface area (Å²) in [7, 11) is 0. The van der Waals surface area contributed by atoms with Gasteiger partial charge < -0.3 is 15.0 Å².